The minimum absolute atomic E-state index is 0.146. The predicted molar refractivity (Wildman–Crippen MR) is 96.2 cm³/mol. The summed E-state index contributed by atoms with van der Waals surface area (Å²) < 4.78 is 0. The lowest BCUT2D eigenvalue weighted by molar-refractivity contribution is -0.113. The Kier molecular flexibility index (Phi) is 6.33. The van der Waals surface area contributed by atoms with Gasteiger partial charge in [-0.1, -0.05) is 35.3 Å². The zero-order valence-corrected chi connectivity index (χ0v) is 14.3. The molecular formula is C16H14Cl2N2O2S. The Labute approximate surface area is 148 Å². The van der Waals surface area contributed by atoms with Crippen molar-refractivity contribution in [2.75, 3.05) is 11.1 Å². The largest absolute Gasteiger partial charge is 0.366 e. The van der Waals surface area contributed by atoms with Crippen molar-refractivity contribution in [2.24, 2.45) is 5.73 Å². The molecule has 0 fully saturated rings. The highest BCUT2D eigenvalue weighted by atomic mass is 35.5. The van der Waals surface area contributed by atoms with E-state index >= 15 is 0 Å². The minimum atomic E-state index is -0.605. The third kappa shape index (κ3) is 5.46. The van der Waals surface area contributed by atoms with Crippen LogP contribution in [0.2, 0.25) is 10.0 Å². The van der Waals surface area contributed by atoms with Gasteiger partial charge in [-0.2, -0.15) is 0 Å². The van der Waals surface area contributed by atoms with E-state index in [1.807, 2.05) is 24.3 Å². The van der Waals surface area contributed by atoms with Crippen LogP contribution in [0.4, 0.5) is 5.69 Å². The zero-order valence-electron chi connectivity index (χ0n) is 12.0. The van der Waals surface area contributed by atoms with Gasteiger partial charge in [-0.3, -0.25) is 9.59 Å². The minimum Gasteiger partial charge on any atom is -0.366 e. The fraction of sp³-hybridized carbons (Fsp3) is 0.125. The monoisotopic (exact) mass is 368 g/mol. The number of hydrogen-bond acceptors (Lipinski definition) is 3. The molecule has 0 aromatic heterocycles. The average molecular weight is 369 g/mol. The van der Waals surface area contributed by atoms with Crippen molar-refractivity contribution < 1.29 is 9.59 Å². The molecule has 0 radical (unpaired) electrons. The van der Waals surface area contributed by atoms with Crippen molar-refractivity contribution >= 4 is 52.5 Å². The van der Waals surface area contributed by atoms with E-state index < -0.39 is 5.91 Å². The number of primary amides is 1. The fourth-order valence-corrected chi connectivity index (χ4v) is 3.02. The first-order valence-electron chi connectivity index (χ1n) is 6.67. The van der Waals surface area contributed by atoms with E-state index in [1.165, 1.54) is 23.9 Å². The molecular weight excluding hydrogens is 355 g/mol. The molecule has 3 N–H and O–H groups in total. The molecule has 23 heavy (non-hydrogen) atoms. The van der Waals surface area contributed by atoms with Crippen LogP contribution >= 0.6 is 35.0 Å². The van der Waals surface area contributed by atoms with Crippen LogP contribution in [0, 0.1) is 0 Å². The number of amides is 2. The van der Waals surface area contributed by atoms with Gasteiger partial charge in [-0.05, 0) is 35.9 Å². The lowest BCUT2D eigenvalue weighted by Crippen LogP contribution is -2.15. The van der Waals surface area contributed by atoms with Crippen molar-refractivity contribution in [3.8, 4) is 0 Å². The summed E-state index contributed by atoms with van der Waals surface area (Å²) in [6, 6.07) is 12.1. The van der Waals surface area contributed by atoms with E-state index in [0.29, 0.717) is 22.2 Å². The first kappa shape index (κ1) is 17.7. The van der Waals surface area contributed by atoms with Gasteiger partial charge in [0.2, 0.25) is 11.8 Å². The highest BCUT2D eigenvalue weighted by Gasteiger charge is 2.09. The van der Waals surface area contributed by atoms with Crippen molar-refractivity contribution in [1.82, 2.24) is 0 Å². The summed E-state index contributed by atoms with van der Waals surface area (Å²) in [5.41, 5.74) is 7.02. The van der Waals surface area contributed by atoms with Gasteiger partial charge in [0.25, 0.3) is 0 Å². The van der Waals surface area contributed by atoms with E-state index in [1.54, 1.807) is 6.07 Å². The van der Waals surface area contributed by atoms with Crippen LogP contribution in [0.1, 0.15) is 15.9 Å². The summed E-state index contributed by atoms with van der Waals surface area (Å²) in [6.07, 6.45) is 0. The van der Waals surface area contributed by atoms with Crippen molar-refractivity contribution in [3.05, 3.63) is 63.6 Å². The number of halogens is 2. The molecule has 4 nitrogen and oxygen atoms in total. The highest BCUT2D eigenvalue weighted by molar-refractivity contribution is 7.99. The van der Waals surface area contributed by atoms with Crippen LogP contribution in [0.5, 0.6) is 0 Å². The first-order chi connectivity index (χ1) is 11.0. The molecule has 0 unspecified atom stereocenters. The molecule has 2 aromatic carbocycles. The Bertz CT molecular complexity index is 721. The van der Waals surface area contributed by atoms with Crippen LogP contribution in [0.3, 0.4) is 0 Å². The average Bonchev–Trinajstić information content (AvgIpc) is 2.49. The first-order valence-corrected chi connectivity index (χ1v) is 8.58. The smallest absolute Gasteiger partial charge is 0.250 e. The molecule has 2 amide bonds. The summed E-state index contributed by atoms with van der Waals surface area (Å²) in [7, 11) is 0. The van der Waals surface area contributed by atoms with E-state index in [9.17, 15) is 9.59 Å². The normalized spacial score (nSPS) is 10.3. The van der Waals surface area contributed by atoms with Crippen molar-refractivity contribution in [3.63, 3.8) is 0 Å². The Morgan fingerprint density at radius 2 is 1.78 bits per heavy atom. The lowest BCUT2D eigenvalue weighted by atomic mass is 10.2. The maximum Gasteiger partial charge on any atom is 0.250 e. The Morgan fingerprint density at radius 1 is 1.09 bits per heavy atom. The third-order valence-corrected chi connectivity index (χ3v) is 4.50. The molecule has 0 aliphatic carbocycles. The molecule has 2 rings (SSSR count). The number of anilines is 1. The Balaban J connectivity index is 1.84. The molecule has 7 heteroatoms. The lowest BCUT2D eigenvalue weighted by Gasteiger charge is -2.07. The Morgan fingerprint density at radius 3 is 2.39 bits per heavy atom. The summed E-state index contributed by atoms with van der Waals surface area (Å²) >= 11 is 13.2. The van der Waals surface area contributed by atoms with Gasteiger partial charge in [-0.15, -0.1) is 11.8 Å². The summed E-state index contributed by atoms with van der Waals surface area (Å²) in [6.45, 7) is 0. The summed E-state index contributed by atoms with van der Waals surface area (Å²) in [4.78, 5) is 23.0. The summed E-state index contributed by atoms with van der Waals surface area (Å²) in [5, 5.41) is 3.63. The fourth-order valence-electron chi connectivity index (χ4n) is 1.83. The molecule has 0 atom stereocenters. The van der Waals surface area contributed by atoms with Gasteiger partial charge in [0.05, 0.1) is 16.3 Å². The number of benzene rings is 2. The van der Waals surface area contributed by atoms with E-state index in [-0.39, 0.29) is 16.5 Å². The van der Waals surface area contributed by atoms with Crippen LogP contribution in [0.25, 0.3) is 0 Å². The number of nitrogens with two attached hydrogens (primary N) is 1. The topological polar surface area (TPSA) is 72.2 Å². The predicted octanol–water partition coefficient (Wildman–Crippen LogP) is 3.96. The molecule has 0 aliphatic heterocycles. The van der Waals surface area contributed by atoms with Crippen LogP contribution < -0.4 is 11.1 Å². The third-order valence-electron chi connectivity index (χ3n) is 2.93. The second kappa shape index (κ2) is 8.24. The summed E-state index contributed by atoms with van der Waals surface area (Å²) in [5.74, 6) is 0.266. The van der Waals surface area contributed by atoms with Crippen LogP contribution in [0.15, 0.2) is 42.5 Å². The van der Waals surface area contributed by atoms with E-state index in [4.69, 9.17) is 28.9 Å². The van der Waals surface area contributed by atoms with Gasteiger partial charge in [0.1, 0.15) is 0 Å². The highest BCUT2D eigenvalue weighted by Crippen LogP contribution is 2.21. The van der Waals surface area contributed by atoms with Crippen molar-refractivity contribution in [1.29, 1.82) is 0 Å². The van der Waals surface area contributed by atoms with E-state index in [2.05, 4.69) is 5.32 Å². The number of rotatable bonds is 6. The van der Waals surface area contributed by atoms with Gasteiger partial charge < -0.3 is 11.1 Å². The standard InChI is InChI=1S/C16H14Cl2N2O2S/c17-11-3-1-10(2-4-11)8-23-9-15(21)20-12-5-6-13(16(19)22)14(18)7-12/h1-7H,8-9H2,(H2,19,22)(H,20,21). The number of thioether (sulfide) groups is 1. The number of nitrogens with one attached hydrogen (secondary N) is 1. The van der Waals surface area contributed by atoms with Crippen LogP contribution in [-0.2, 0) is 10.5 Å². The molecule has 2 aromatic rings. The van der Waals surface area contributed by atoms with Gasteiger partial charge >= 0.3 is 0 Å². The molecule has 0 saturated heterocycles. The quantitative estimate of drug-likeness (QED) is 0.810. The van der Waals surface area contributed by atoms with Gasteiger partial charge in [0.15, 0.2) is 0 Å². The second-order valence-electron chi connectivity index (χ2n) is 4.73. The zero-order chi connectivity index (χ0) is 16.8. The molecule has 0 spiro atoms. The maximum absolute atomic E-state index is 11.9. The van der Waals surface area contributed by atoms with Crippen LogP contribution in [-0.4, -0.2) is 17.6 Å². The van der Waals surface area contributed by atoms with Gasteiger partial charge in [-0.25, -0.2) is 0 Å². The molecule has 0 heterocycles. The molecule has 0 aliphatic rings. The number of carbonyl (C=O) groups is 2. The number of hydrogen-bond donors (Lipinski definition) is 2. The molecule has 0 saturated carbocycles. The van der Waals surface area contributed by atoms with Gasteiger partial charge in [0, 0.05) is 16.5 Å². The molecule has 0 bridgehead atoms. The SMILES string of the molecule is NC(=O)c1ccc(NC(=O)CSCc2ccc(Cl)cc2)cc1Cl. The maximum atomic E-state index is 11.9. The second-order valence-corrected chi connectivity index (χ2v) is 6.56. The number of carbonyl (C=O) groups excluding carboxylic acids is 2. The molecule has 120 valence electrons. The van der Waals surface area contributed by atoms with Crippen molar-refractivity contribution in [2.45, 2.75) is 5.75 Å². The van der Waals surface area contributed by atoms with E-state index in [0.717, 1.165) is 5.56 Å². The Hall–Kier alpha value is -1.69.